The van der Waals surface area contributed by atoms with Crippen molar-refractivity contribution in [2.24, 2.45) is 5.92 Å². The molecule has 4 rings (SSSR count). The molecule has 2 heterocycles. The number of nitrogens with one attached hydrogen (secondary N) is 1. The lowest BCUT2D eigenvalue weighted by atomic mass is 9.95. The molecule has 2 amide bonds. The molecule has 0 radical (unpaired) electrons. The predicted molar refractivity (Wildman–Crippen MR) is 118 cm³/mol. The number of hydrogen-bond donors (Lipinski definition) is 1. The molecule has 1 atom stereocenters. The summed E-state index contributed by atoms with van der Waals surface area (Å²) in [6.45, 7) is 2.61. The van der Waals surface area contributed by atoms with E-state index in [1.54, 1.807) is 0 Å². The van der Waals surface area contributed by atoms with Crippen molar-refractivity contribution in [2.75, 3.05) is 45.2 Å². The fourth-order valence-corrected chi connectivity index (χ4v) is 4.05. The quantitative estimate of drug-likeness (QED) is 0.774. The van der Waals surface area contributed by atoms with Crippen LogP contribution in [0, 0.1) is 5.92 Å². The van der Waals surface area contributed by atoms with Crippen molar-refractivity contribution in [1.82, 2.24) is 9.80 Å². The van der Waals surface area contributed by atoms with E-state index in [-0.39, 0.29) is 23.8 Å². The van der Waals surface area contributed by atoms with Crippen LogP contribution >= 0.6 is 0 Å². The molecule has 2 aliphatic rings. The van der Waals surface area contributed by atoms with Gasteiger partial charge in [0.1, 0.15) is 12.7 Å². The lowest BCUT2D eigenvalue weighted by molar-refractivity contribution is -0.135. The average Bonchev–Trinajstić information content (AvgIpc) is 2.79. The van der Waals surface area contributed by atoms with E-state index in [2.05, 4.69) is 5.32 Å². The number of benzene rings is 2. The highest BCUT2D eigenvalue weighted by Crippen LogP contribution is 2.31. The second kappa shape index (κ2) is 9.83. The summed E-state index contributed by atoms with van der Waals surface area (Å²) >= 11 is 0. The van der Waals surface area contributed by atoms with Crippen molar-refractivity contribution >= 4 is 17.5 Å². The number of nitrogens with zero attached hydrogens (tertiary/aromatic N) is 2. The van der Waals surface area contributed by atoms with Gasteiger partial charge in [-0.1, -0.05) is 30.3 Å². The summed E-state index contributed by atoms with van der Waals surface area (Å²) in [5.74, 6) is 1.56. The van der Waals surface area contributed by atoms with E-state index < -0.39 is 0 Å². The molecule has 0 unspecified atom stereocenters. The second-order valence-corrected chi connectivity index (χ2v) is 8.20. The number of likely N-dealkylation sites (N-methyl/N-ethyl adjacent to an activating group) is 1. The first kappa shape index (κ1) is 21.2. The first-order chi connectivity index (χ1) is 15.1. The Kier molecular flexibility index (Phi) is 6.72. The summed E-state index contributed by atoms with van der Waals surface area (Å²) in [5.41, 5.74) is 0.809. The largest absolute Gasteiger partial charge is 0.486 e. The lowest BCUT2D eigenvalue weighted by Gasteiger charge is -2.33. The minimum atomic E-state index is -0.111. The van der Waals surface area contributed by atoms with E-state index in [0.717, 1.165) is 17.2 Å². The number of rotatable bonds is 6. The topological polar surface area (TPSA) is 71.1 Å². The summed E-state index contributed by atoms with van der Waals surface area (Å²) in [4.78, 5) is 29.0. The van der Waals surface area contributed by atoms with Crippen LogP contribution in [0.25, 0.3) is 0 Å². The molecule has 1 fully saturated rings. The van der Waals surface area contributed by atoms with Crippen LogP contribution in [-0.4, -0.2) is 67.6 Å². The van der Waals surface area contributed by atoms with Gasteiger partial charge >= 0.3 is 0 Å². The zero-order valence-corrected chi connectivity index (χ0v) is 17.8. The number of anilines is 1. The highest BCUT2D eigenvalue weighted by molar-refractivity contribution is 5.92. The molecule has 0 bridgehead atoms. The smallest absolute Gasteiger partial charge is 0.236 e. The van der Waals surface area contributed by atoms with Gasteiger partial charge in [-0.25, -0.2) is 0 Å². The maximum absolute atomic E-state index is 12.7. The summed E-state index contributed by atoms with van der Waals surface area (Å²) < 4.78 is 11.7. The molecule has 2 aromatic carbocycles. The summed E-state index contributed by atoms with van der Waals surface area (Å²) in [6, 6.07) is 17.1. The maximum Gasteiger partial charge on any atom is 0.236 e. The third kappa shape index (κ3) is 5.55. The molecule has 31 heavy (non-hydrogen) atoms. The third-order valence-corrected chi connectivity index (χ3v) is 5.75. The summed E-state index contributed by atoms with van der Waals surface area (Å²) in [5, 5.41) is 2.96. The second-order valence-electron chi connectivity index (χ2n) is 8.20. The van der Waals surface area contributed by atoms with E-state index in [4.69, 9.17) is 9.47 Å². The molecule has 7 heteroatoms. The molecule has 7 nitrogen and oxygen atoms in total. The van der Waals surface area contributed by atoms with Crippen molar-refractivity contribution < 1.29 is 19.1 Å². The standard InChI is InChI=1S/C24H29N3O4/c1-26(15-20-17-30-21-9-5-6-10-22(21)31-20)16-23(28)27-13-11-18(12-14-27)24(29)25-19-7-3-2-4-8-19/h2-10,18,20H,11-17H2,1H3,(H,25,29)/t20-/m1/s1. The molecule has 1 N–H and O–H groups in total. The summed E-state index contributed by atoms with van der Waals surface area (Å²) in [7, 11) is 1.92. The van der Waals surface area contributed by atoms with Crippen molar-refractivity contribution in [3.8, 4) is 11.5 Å². The molecule has 0 spiro atoms. The van der Waals surface area contributed by atoms with E-state index >= 15 is 0 Å². The van der Waals surface area contributed by atoms with Crippen molar-refractivity contribution in [3.05, 3.63) is 54.6 Å². The highest BCUT2D eigenvalue weighted by atomic mass is 16.6. The Morgan fingerprint density at radius 2 is 1.71 bits per heavy atom. The molecule has 2 aromatic rings. The molecule has 164 valence electrons. The molecular weight excluding hydrogens is 394 g/mol. The minimum Gasteiger partial charge on any atom is -0.486 e. The van der Waals surface area contributed by atoms with Crippen LogP contribution in [0.15, 0.2) is 54.6 Å². The Morgan fingerprint density at radius 1 is 1.03 bits per heavy atom. The minimum absolute atomic E-state index is 0.0325. The Hall–Kier alpha value is -3.06. The zero-order chi connectivity index (χ0) is 21.6. The van der Waals surface area contributed by atoms with Gasteiger partial charge in [0.2, 0.25) is 11.8 Å². The number of carbonyl (C=O) groups excluding carboxylic acids is 2. The first-order valence-electron chi connectivity index (χ1n) is 10.8. The van der Waals surface area contributed by atoms with Crippen LogP contribution < -0.4 is 14.8 Å². The molecule has 0 aromatic heterocycles. The molecular formula is C24H29N3O4. The van der Waals surface area contributed by atoms with Gasteiger partial charge in [-0.2, -0.15) is 0 Å². The van der Waals surface area contributed by atoms with Gasteiger partial charge in [0.15, 0.2) is 11.5 Å². The van der Waals surface area contributed by atoms with Crippen LogP contribution in [0.4, 0.5) is 5.69 Å². The normalized spacial score (nSPS) is 18.6. The number of likely N-dealkylation sites (tertiary alicyclic amines) is 1. The van der Waals surface area contributed by atoms with Gasteiger partial charge in [0.05, 0.1) is 6.54 Å². The molecule has 0 aliphatic carbocycles. The van der Waals surface area contributed by atoms with E-state index in [0.29, 0.717) is 45.6 Å². The van der Waals surface area contributed by atoms with Crippen molar-refractivity contribution in [2.45, 2.75) is 18.9 Å². The number of piperidine rings is 1. The third-order valence-electron chi connectivity index (χ3n) is 5.75. The number of fused-ring (bicyclic) bond motifs is 1. The van der Waals surface area contributed by atoms with E-state index in [1.165, 1.54) is 0 Å². The number of amides is 2. The Labute approximate surface area is 182 Å². The maximum atomic E-state index is 12.7. The number of carbonyl (C=O) groups is 2. The first-order valence-corrected chi connectivity index (χ1v) is 10.8. The fraction of sp³-hybridized carbons (Fsp3) is 0.417. The van der Waals surface area contributed by atoms with E-state index in [1.807, 2.05) is 71.4 Å². The molecule has 2 aliphatic heterocycles. The lowest BCUT2D eigenvalue weighted by Crippen LogP contribution is -2.47. The predicted octanol–water partition coefficient (Wildman–Crippen LogP) is 2.64. The van der Waals surface area contributed by atoms with Gasteiger partial charge in [0.25, 0.3) is 0 Å². The van der Waals surface area contributed by atoms with Gasteiger partial charge in [0, 0.05) is 31.2 Å². The Bertz CT molecular complexity index is 897. The van der Waals surface area contributed by atoms with Crippen LogP contribution in [-0.2, 0) is 9.59 Å². The number of ether oxygens (including phenoxy) is 2. The van der Waals surface area contributed by atoms with Crippen molar-refractivity contribution in [3.63, 3.8) is 0 Å². The van der Waals surface area contributed by atoms with Gasteiger partial charge in [-0.05, 0) is 44.2 Å². The molecule has 0 saturated carbocycles. The Balaban J connectivity index is 1.20. The SMILES string of the molecule is CN(CC(=O)N1CCC(C(=O)Nc2ccccc2)CC1)C[C@@H]1COc2ccccc2O1. The van der Waals surface area contributed by atoms with Gasteiger partial charge < -0.3 is 19.7 Å². The fourth-order valence-electron chi connectivity index (χ4n) is 4.05. The average molecular weight is 424 g/mol. The van der Waals surface area contributed by atoms with Crippen LogP contribution in [0.3, 0.4) is 0 Å². The Morgan fingerprint density at radius 3 is 2.45 bits per heavy atom. The molecule has 1 saturated heterocycles. The monoisotopic (exact) mass is 423 g/mol. The van der Waals surface area contributed by atoms with Crippen LogP contribution in [0.5, 0.6) is 11.5 Å². The van der Waals surface area contributed by atoms with Crippen LogP contribution in [0.1, 0.15) is 12.8 Å². The highest BCUT2D eigenvalue weighted by Gasteiger charge is 2.28. The van der Waals surface area contributed by atoms with E-state index in [9.17, 15) is 9.59 Å². The van der Waals surface area contributed by atoms with Gasteiger partial charge in [-0.15, -0.1) is 0 Å². The number of para-hydroxylation sites is 3. The van der Waals surface area contributed by atoms with Crippen LogP contribution in [0.2, 0.25) is 0 Å². The zero-order valence-electron chi connectivity index (χ0n) is 17.8. The number of hydrogen-bond acceptors (Lipinski definition) is 5. The van der Waals surface area contributed by atoms with Gasteiger partial charge in [-0.3, -0.25) is 14.5 Å². The summed E-state index contributed by atoms with van der Waals surface area (Å²) in [6.07, 6.45) is 1.26. The van der Waals surface area contributed by atoms with Crippen molar-refractivity contribution in [1.29, 1.82) is 0 Å².